The van der Waals surface area contributed by atoms with Crippen LogP contribution >= 0.6 is 28.1 Å². The van der Waals surface area contributed by atoms with E-state index in [0.717, 1.165) is 6.26 Å². The quantitative estimate of drug-likeness (QED) is 0.507. The smallest absolute Gasteiger partial charge is 0.306 e. The van der Waals surface area contributed by atoms with Crippen LogP contribution in [0.3, 0.4) is 0 Å². The Hall–Kier alpha value is -2.04. The van der Waals surface area contributed by atoms with Gasteiger partial charge >= 0.3 is 10.1 Å². The van der Waals surface area contributed by atoms with Gasteiger partial charge in [0.1, 0.15) is 11.6 Å². The molecule has 1 aliphatic heterocycles. The fourth-order valence-electron chi connectivity index (χ4n) is 2.69. The molecule has 1 aliphatic rings. The number of benzene rings is 2. The normalized spacial score (nSPS) is 18.6. The first kappa shape index (κ1) is 22.3. The molecule has 2 N–H and O–H groups in total. The summed E-state index contributed by atoms with van der Waals surface area (Å²) < 4.78 is 41.1. The van der Waals surface area contributed by atoms with E-state index in [4.69, 9.17) is 16.4 Å². The van der Waals surface area contributed by atoms with E-state index in [-0.39, 0.29) is 15.3 Å². The Morgan fingerprint density at radius 3 is 2.14 bits per heavy atom. The minimum Gasteiger partial charge on any atom is -0.383 e. The number of thiocarbonyl (C=S) groups is 1. The SMILES string of the molecule is CC.CS(=O)(=O)Oc1ccc(C2(c3ccc(F)c(Br)c3)NC(=S)NC2=O)cc1. The second-order valence-electron chi connectivity index (χ2n) is 5.60. The van der Waals surface area contributed by atoms with E-state index in [0.29, 0.717) is 11.1 Å². The van der Waals surface area contributed by atoms with Gasteiger partial charge in [0, 0.05) is 0 Å². The Balaban J connectivity index is 0.00000136. The number of rotatable bonds is 4. The van der Waals surface area contributed by atoms with Crippen molar-refractivity contribution < 1.29 is 21.8 Å². The van der Waals surface area contributed by atoms with Crippen LogP contribution in [0.5, 0.6) is 5.75 Å². The number of carbonyl (C=O) groups excluding carboxylic acids is 1. The van der Waals surface area contributed by atoms with Gasteiger partial charge in [-0.25, -0.2) is 4.39 Å². The summed E-state index contributed by atoms with van der Waals surface area (Å²) in [6, 6.07) is 10.1. The van der Waals surface area contributed by atoms with Gasteiger partial charge in [-0.2, -0.15) is 8.42 Å². The van der Waals surface area contributed by atoms with E-state index < -0.39 is 27.4 Å². The topological polar surface area (TPSA) is 84.5 Å². The molecule has 0 aliphatic carbocycles. The minimum absolute atomic E-state index is 0.104. The van der Waals surface area contributed by atoms with Crippen molar-refractivity contribution in [3.63, 3.8) is 0 Å². The van der Waals surface area contributed by atoms with Crippen LogP contribution in [0, 0.1) is 5.82 Å². The second-order valence-corrected chi connectivity index (χ2v) is 8.44. The first-order valence-electron chi connectivity index (χ1n) is 8.21. The summed E-state index contributed by atoms with van der Waals surface area (Å²) >= 11 is 8.18. The average Bonchev–Trinajstić information content (AvgIpc) is 2.93. The lowest BCUT2D eigenvalue weighted by molar-refractivity contribution is -0.122. The molecule has 1 saturated heterocycles. The average molecular weight is 489 g/mol. The molecule has 3 rings (SSSR count). The largest absolute Gasteiger partial charge is 0.383 e. The van der Waals surface area contributed by atoms with Crippen LogP contribution in [0.4, 0.5) is 4.39 Å². The number of amides is 1. The van der Waals surface area contributed by atoms with Gasteiger partial charge in [-0.05, 0) is 63.5 Å². The highest BCUT2D eigenvalue weighted by molar-refractivity contribution is 9.10. The fourth-order valence-corrected chi connectivity index (χ4v) is 3.78. The van der Waals surface area contributed by atoms with E-state index in [9.17, 15) is 17.6 Å². The number of halogens is 2. The molecule has 1 heterocycles. The zero-order valence-electron chi connectivity index (χ0n) is 15.2. The number of nitrogens with one attached hydrogen (secondary N) is 2. The predicted octanol–water partition coefficient (Wildman–Crippen LogP) is 3.20. The Bertz CT molecular complexity index is 1010. The summed E-state index contributed by atoms with van der Waals surface area (Å²) in [4.78, 5) is 12.7. The highest BCUT2D eigenvalue weighted by Crippen LogP contribution is 2.35. The van der Waals surface area contributed by atoms with Crippen LogP contribution in [-0.4, -0.2) is 25.7 Å². The lowest BCUT2D eigenvalue weighted by atomic mass is 9.83. The standard InChI is InChI=1S/C16H12BrFN2O4S2.C2H6/c1-26(22,23)24-11-5-2-9(3-6-11)16(14(21)19-15(25)20-16)10-4-7-13(18)12(17)8-10;1-2/h2-8H,1H3,(H2,19,20,21,25);1-2H3. The summed E-state index contributed by atoms with van der Waals surface area (Å²) in [6.45, 7) is 4.00. The van der Waals surface area contributed by atoms with Crippen LogP contribution in [0.15, 0.2) is 46.9 Å². The van der Waals surface area contributed by atoms with E-state index in [1.54, 1.807) is 0 Å². The van der Waals surface area contributed by atoms with Crippen LogP contribution in [0.1, 0.15) is 25.0 Å². The molecule has 0 saturated carbocycles. The van der Waals surface area contributed by atoms with Gasteiger partial charge in [-0.15, -0.1) is 0 Å². The molecular formula is C18H18BrFN2O4S2. The molecule has 1 atom stereocenters. The highest BCUT2D eigenvalue weighted by Gasteiger charge is 2.48. The maximum Gasteiger partial charge on any atom is 0.306 e. The van der Waals surface area contributed by atoms with E-state index in [2.05, 4.69) is 26.6 Å². The third-order valence-electron chi connectivity index (χ3n) is 3.76. The summed E-state index contributed by atoms with van der Waals surface area (Å²) in [5.74, 6) is -0.799. The Morgan fingerprint density at radius 2 is 1.68 bits per heavy atom. The zero-order chi connectivity index (χ0) is 21.1. The lowest BCUT2D eigenvalue weighted by Gasteiger charge is -2.28. The molecule has 1 amide bonds. The molecule has 0 spiro atoms. The third kappa shape index (κ3) is 4.50. The number of hydrogen-bond donors (Lipinski definition) is 2. The zero-order valence-corrected chi connectivity index (χ0v) is 18.5. The number of hydrogen-bond acceptors (Lipinski definition) is 5. The summed E-state index contributed by atoms with van der Waals surface area (Å²) in [5.41, 5.74) is -0.439. The molecule has 1 fully saturated rings. The van der Waals surface area contributed by atoms with Crippen molar-refractivity contribution in [2.24, 2.45) is 0 Å². The molecular weight excluding hydrogens is 471 g/mol. The van der Waals surface area contributed by atoms with Gasteiger partial charge in [0.05, 0.1) is 10.7 Å². The molecule has 150 valence electrons. The first-order valence-corrected chi connectivity index (χ1v) is 11.2. The molecule has 0 bridgehead atoms. The van der Waals surface area contributed by atoms with Crippen LogP contribution < -0.4 is 14.8 Å². The van der Waals surface area contributed by atoms with E-state index in [1.165, 1.54) is 42.5 Å². The van der Waals surface area contributed by atoms with Crippen molar-refractivity contribution in [1.29, 1.82) is 0 Å². The Labute approximate surface area is 176 Å². The van der Waals surface area contributed by atoms with E-state index >= 15 is 0 Å². The van der Waals surface area contributed by atoms with E-state index in [1.807, 2.05) is 13.8 Å². The Morgan fingerprint density at radius 1 is 1.11 bits per heavy atom. The summed E-state index contributed by atoms with van der Waals surface area (Å²) in [5, 5.41) is 5.60. The summed E-state index contributed by atoms with van der Waals surface area (Å²) in [7, 11) is -3.67. The summed E-state index contributed by atoms with van der Waals surface area (Å²) in [6.07, 6.45) is 0.933. The third-order valence-corrected chi connectivity index (χ3v) is 5.06. The second kappa shape index (κ2) is 8.54. The van der Waals surface area contributed by atoms with Gasteiger partial charge in [-0.1, -0.05) is 32.0 Å². The molecule has 0 aromatic heterocycles. The van der Waals surface area contributed by atoms with Crippen LogP contribution in [-0.2, 0) is 20.5 Å². The molecule has 2 aromatic carbocycles. The van der Waals surface area contributed by atoms with Gasteiger partial charge in [0.2, 0.25) is 0 Å². The molecule has 1 unspecified atom stereocenters. The first-order chi connectivity index (χ1) is 13.1. The maximum atomic E-state index is 13.6. The molecule has 6 nitrogen and oxygen atoms in total. The minimum atomic E-state index is -3.67. The van der Waals surface area contributed by atoms with Crippen molar-refractivity contribution in [2.45, 2.75) is 19.4 Å². The molecule has 0 radical (unpaired) electrons. The van der Waals surface area contributed by atoms with Crippen LogP contribution in [0.25, 0.3) is 0 Å². The van der Waals surface area contributed by atoms with Crippen molar-refractivity contribution in [3.8, 4) is 5.75 Å². The van der Waals surface area contributed by atoms with Gasteiger partial charge in [0.15, 0.2) is 10.7 Å². The van der Waals surface area contributed by atoms with Crippen LogP contribution in [0.2, 0.25) is 0 Å². The fraction of sp³-hybridized carbons (Fsp3) is 0.222. The van der Waals surface area contributed by atoms with Crippen molar-refractivity contribution in [1.82, 2.24) is 10.6 Å². The van der Waals surface area contributed by atoms with Crippen molar-refractivity contribution in [2.75, 3.05) is 6.26 Å². The molecule has 28 heavy (non-hydrogen) atoms. The maximum absolute atomic E-state index is 13.6. The monoisotopic (exact) mass is 488 g/mol. The number of carbonyl (C=O) groups is 1. The predicted molar refractivity (Wildman–Crippen MR) is 112 cm³/mol. The Kier molecular flexibility index (Phi) is 6.79. The van der Waals surface area contributed by atoms with Gasteiger partial charge in [0.25, 0.3) is 5.91 Å². The van der Waals surface area contributed by atoms with Crippen molar-refractivity contribution in [3.05, 3.63) is 63.9 Å². The highest BCUT2D eigenvalue weighted by atomic mass is 79.9. The van der Waals surface area contributed by atoms with Gasteiger partial charge < -0.3 is 14.8 Å². The van der Waals surface area contributed by atoms with Gasteiger partial charge in [-0.3, -0.25) is 4.79 Å². The molecule has 2 aromatic rings. The van der Waals surface area contributed by atoms with Crippen molar-refractivity contribution >= 4 is 49.3 Å². The lowest BCUT2D eigenvalue weighted by Crippen LogP contribution is -2.44. The molecule has 10 heteroatoms.